The molecule has 0 spiro atoms. The van der Waals surface area contributed by atoms with Crippen LogP contribution in [0.3, 0.4) is 0 Å². The lowest BCUT2D eigenvalue weighted by Crippen LogP contribution is -2.32. The topological polar surface area (TPSA) is 90.8 Å². The van der Waals surface area contributed by atoms with Crippen molar-refractivity contribution in [2.45, 2.75) is 13.8 Å². The van der Waals surface area contributed by atoms with Gasteiger partial charge in [-0.15, -0.1) is 0 Å². The van der Waals surface area contributed by atoms with E-state index in [-0.39, 0.29) is 17.0 Å². The highest BCUT2D eigenvalue weighted by molar-refractivity contribution is 6.39. The second-order valence-corrected chi connectivity index (χ2v) is 5.12. The van der Waals surface area contributed by atoms with Crippen LogP contribution in [0, 0.1) is 12.7 Å². The Morgan fingerprint density at radius 2 is 1.75 bits per heavy atom. The normalized spacial score (nSPS) is 11.0. The molecule has 2 aromatic rings. The van der Waals surface area contributed by atoms with Crippen LogP contribution in [0.5, 0.6) is 5.75 Å². The Labute approximate surface area is 138 Å². The molecule has 0 heterocycles. The number of hydrazone groups is 1. The number of amides is 2. The Morgan fingerprint density at radius 1 is 1.08 bits per heavy atom. The minimum absolute atomic E-state index is 0.120. The summed E-state index contributed by atoms with van der Waals surface area (Å²) in [6.07, 6.45) is 0. The molecule has 0 aliphatic rings. The second-order valence-electron chi connectivity index (χ2n) is 5.12. The van der Waals surface area contributed by atoms with Crippen molar-refractivity contribution in [3.05, 3.63) is 59.4 Å². The fraction of sp³-hybridized carbons (Fsp3) is 0.118. The van der Waals surface area contributed by atoms with E-state index in [0.717, 1.165) is 17.7 Å². The van der Waals surface area contributed by atoms with Crippen LogP contribution in [0.4, 0.5) is 10.1 Å². The molecule has 0 radical (unpaired) electrons. The number of carbonyl (C=O) groups excluding carboxylic acids is 2. The highest BCUT2D eigenvalue weighted by Crippen LogP contribution is 2.18. The second kappa shape index (κ2) is 7.36. The fourth-order valence-electron chi connectivity index (χ4n) is 1.87. The van der Waals surface area contributed by atoms with Crippen LogP contribution in [0.1, 0.15) is 18.1 Å². The number of carbonyl (C=O) groups is 2. The van der Waals surface area contributed by atoms with Crippen LogP contribution < -0.4 is 10.7 Å². The number of hydrogen-bond acceptors (Lipinski definition) is 4. The van der Waals surface area contributed by atoms with Gasteiger partial charge in [-0.1, -0.05) is 17.7 Å². The van der Waals surface area contributed by atoms with E-state index in [1.54, 1.807) is 24.3 Å². The number of hydrogen-bond donors (Lipinski definition) is 3. The molecule has 2 amide bonds. The number of rotatable bonds is 3. The minimum atomic E-state index is -0.981. The van der Waals surface area contributed by atoms with E-state index in [4.69, 9.17) is 0 Å². The number of nitrogens with zero attached hydrogens (tertiary/aromatic N) is 1. The van der Waals surface area contributed by atoms with E-state index >= 15 is 0 Å². The summed E-state index contributed by atoms with van der Waals surface area (Å²) in [6.45, 7) is 3.37. The van der Waals surface area contributed by atoms with Crippen LogP contribution in [0.2, 0.25) is 0 Å². The number of halogens is 1. The first-order valence-electron chi connectivity index (χ1n) is 7.08. The molecule has 0 aliphatic carbocycles. The van der Waals surface area contributed by atoms with Gasteiger partial charge in [-0.25, -0.2) is 9.82 Å². The number of aromatic hydroxyl groups is 1. The average Bonchev–Trinajstić information content (AvgIpc) is 2.56. The van der Waals surface area contributed by atoms with Crippen molar-refractivity contribution in [2.24, 2.45) is 5.10 Å². The molecular formula is C17H16FN3O3. The quantitative estimate of drug-likeness (QED) is 0.458. The number of anilines is 1. The number of nitrogens with one attached hydrogen (secondary N) is 2. The molecule has 0 saturated heterocycles. The molecule has 6 nitrogen and oxygen atoms in total. The molecule has 7 heteroatoms. The van der Waals surface area contributed by atoms with Gasteiger partial charge in [0.1, 0.15) is 11.6 Å². The van der Waals surface area contributed by atoms with Gasteiger partial charge in [0.25, 0.3) is 0 Å². The molecule has 0 aliphatic heterocycles. The molecule has 0 fully saturated rings. The number of phenolic OH excluding ortho intramolecular Hbond substituents is 1. The summed E-state index contributed by atoms with van der Waals surface area (Å²) in [5, 5.41) is 15.8. The van der Waals surface area contributed by atoms with E-state index in [0.29, 0.717) is 5.69 Å². The third-order valence-corrected chi connectivity index (χ3v) is 3.19. The van der Waals surface area contributed by atoms with E-state index in [2.05, 4.69) is 15.8 Å². The van der Waals surface area contributed by atoms with Crippen molar-refractivity contribution in [3.63, 3.8) is 0 Å². The van der Waals surface area contributed by atoms with Crippen LogP contribution >= 0.6 is 0 Å². The fourth-order valence-corrected chi connectivity index (χ4v) is 1.87. The van der Waals surface area contributed by atoms with E-state index in [1.165, 1.54) is 13.0 Å². The molecule has 3 N–H and O–H groups in total. The Hall–Kier alpha value is -3.22. The third-order valence-electron chi connectivity index (χ3n) is 3.19. The Kier molecular flexibility index (Phi) is 5.26. The molecule has 124 valence electrons. The van der Waals surface area contributed by atoms with Crippen molar-refractivity contribution >= 4 is 23.2 Å². The zero-order valence-electron chi connectivity index (χ0n) is 13.1. The Balaban J connectivity index is 2.01. The smallest absolute Gasteiger partial charge is 0.329 e. The van der Waals surface area contributed by atoms with E-state index in [9.17, 15) is 19.1 Å². The first kappa shape index (κ1) is 17.1. The first-order valence-corrected chi connectivity index (χ1v) is 7.08. The number of phenols is 1. The van der Waals surface area contributed by atoms with Gasteiger partial charge in [0.2, 0.25) is 0 Å². The van der Waals surface area contributed by atoms with Crippen LogP contribution in [-0.2, 0) is 9.59 Å². The van der Waals surface area contributed by atoms with Crippen molar-refractivity contribution in [1.29, 1.82) is 0 Å². The highest BCUT2D eigenvalue weighted by atomic mass is 19.1. The van der Waals surface area contributed by atoms with Crippen LogP contribution in [0.15, 0.2) is 47.6 Å². The van der Waals surface area contributed by atoms with Gasteiger partial charge in [-0.2, -0.15) is 5.10 Å². The van der Waals surface area contributed by atoms with Gasteiger partial charge in [-0.05, 0) is 44.2 Å². The van der Waals surface area contributed by atoms with Crippen LogP contribution in [-0.4, -0.2) is 22.6 Å². The largest absolute Gasteiger partial charge is 0.507 e. The predicted octanol–water partition coefficient (Wildman–Crippen LogP) is 2.32. The van der Waals surface area contributed by atoms with Crippen LogP contribution in [0.25, 0.3) is 0 Å². The summed E-state index contributed by atoms with van der Waals surface area (Å²) in [5.41, 5.74) is 3.84. The summed E-state index contributed by atoms with van der Waals surface area (Å²) in [5.74, 6) is -2.61. The van der Waals surface area contributed by atoms with Gasteiger partial charge in [0.15, 0.2) is 0 Å². The number of aryl methyl sites for hydroxylation is 1. The highest BCUT2D eigenvalue weighted by Gasteiger charge is 2.14. The summed E-state index contributed by atoms with van der Waals surface area (Å²) >= 11 is 0. The molecule has 0 atom stereocenters. The zero-order valence-corrected chi connectivity index (χ0v) is 13.1. The molecule has 0 saturated carbocycles. The maximum absolute atomic E-state index is 13.2. The van der Waals surface area contributed by atoms with E-state index < -0.39 is 17.6 Å². The standard InChI is InChI=1S/C17H16FN3O3/c1-10-3-6-13(7-4-10)19-16(23)17(24)21-20-11(2)14-9-12(18)5-8-15(14)22/h3-9,22H,1-2H3,(H,19,23)(H,21,24)/b20-11+. The summed E-state index contributed by atoms with van der Waals surface area (Å²) < 4.78 is 13.2. The van der Waals surface area contributed by atoms with Crippen molar-refractivity contribution < 1.29 is 19.1 Å². The van der Waals surface area contributed by atoms with Gasteiger partial charge in [0.05, 0.1) is 5.71 Å². The lowest BCUT2D eigenvalue weighted by Gasteiger charge is -2.06. The molecule has 2 aromatic carbocycles. The van der Waals surface area contributed by atoms with Gasteiger partial charge in [0, 0.05) is 11.3 Å². The third kappa shape index (κ3) is 4.39. The zero-order chi connectivity index (χ0) is 17.7. The lowest BCUT2D eigenvalue weighted by molar-refractivity contribution is -0.136. The van der Waals surface area contributed by atoms with Gasteiger partial charge in [-0.3, -0.25) is 9.59 Å². The van der Waals surface area contributed by atoms with E-state index in [1.807, 2.05) is 6.92 Å². The lowest BCUT2D eigenvalue weighted by atomic mass is 10.1. The molecular weight excluding hydrogens is 313 g/mol. The minimum Gasteiger partial charge on any atom is -0.507 e. The monoisotopic (exact) mass is 329 g/mol. The molecule has 24 heavy (non-hydrogen) atoms. The Bertz CT molecular complexity index is 801. The first-order chi connectivity index (χ1) is 11.4. The average molecular weight is 329 g/mol. The number of benzene rings is 2. The maximum atomic E-state index is 13.2. The molecule has 0 unspecified atom stereocenters. The van der Waals surface area contributed by atoms with Crippen molar-refractivity contribution in [2.75, 3.05) is 5.32 Å². The summed E-state index contributed by atoms with van der Waals surface area (Å²) in [4.78, 5) is 23.5. The van der Waals surface area contributed by atoms with Crippen molar-refractivity contribution in [1.82, 2.24) is 5.43 Å². The predicted molar refractivity (Wildman–Crippen MR) is 88.2 cm³/mol. The molecule has 0 aromatic heterocycles. The maximum Gasteiger partial charge on any atom is 0.329 e. The van der Waals surface area contributed by atoms with Gasteiger partial charge >= 0.3 is 11.8 Å². The summed E-state index contributed by atoms with van der Waals surface area (Å²) in [7, 11) is 0. The Morgan fingerprint density at radius 3 is 2.42 bits per heavy atom. The molecule has 0 bridgehead atoms. The van der Waals surface area contributed by atoms with Crippen molar-refractivity contribution in [3.8, 4) is 5.75 Å². The summed E-state index contributed by atoms with van der Waals surface area (Å²) in [6, 6.07) is 10.3. The SMILES string of the molecule is C/C(=N\NC(=O)C(=O)Nc1ccc(C)cc1)c1cc(F)ccc1O. The molecule has 2 rings (SSSR count). The van der Waals surface area contributed by atoms with Gasteiger partial charge < -0.3 is 10.4 Å².